The summed E-state index contributed by atoms with van der Waals surface area (Å²) in [6.45, 7) is 1.57. The Bertz CT molecular complexity index is 823. The molecule has 9 heteroatoms. The smallest absolute Gasteiger partial charge is 0.341 e. The van der Waals surface area contributed by atoms with Gasteiger partial charge in [0.15, 0.2) is 0 Å². The molecule has 0 fully saturated rings. The number of alkyl halides is 3. The molecule has 2 aromatic carbocycles. The third-order valence-electron chi connectivity index (χ3n) is 3.45. The van der Waals surface area contributed by atoms with E-state index in [4.69, 9.17) is 11.6 Å². The van der Waals surface area contributed by atoms with Crippen molar-refractivity contribution in [3.05, 3.63) is 64.4 Å². The van der Waals surface area contributed by atoms with Gasteiger partial charge in [-0.3, -0.25) is 9.59 Å². The van der Waals surface area contributed by atoms with Crippen molar-refractivity contribution in [3.63, 3.8) is 0 Å². The zero-order chi connectivity index (χ0) is 19.5. The monoisotopic (exact) mass is 388 g/mol. The first-order valence-electron chi connectivity index (χ1n) is 7.32. The van der Waals surface area contributed by atoms with Crippen LogP contribution >= 0.6 is 11.6 Å². The highest BCUT2D eigenvalue weighted by molar-refractivity contribution is 6.39. The zero-order valence-electron chi connectivity index (χ0n) is 13.3. The van der Waals surface area contributed by atoms with Crippen LogP contribution in [-0.2, 0) is 15.8 Å². The van der Waals surface area contributed by atoms with Crippen LogP contribution in [0.25, 0.3) is 0 Å². The molecular formula is C17H13ClF4N2O2. The van der Waals surface area contributed by atoms with Crippen molar-refractivity contribution in [2.75, 3.05) is 5.32 Å². The minimum absolute atomic E-state index is 0.226. The minimum atomic E-state index is -4.70. The Labute approximate surface area is 151 Å². The quantitative estimate of drug-likeness (QED) is 0.608. The fraction of sp³-hybridized carbons (Fsp3) is 0.176. The van der Waals surface area contributed by atoms with Crippen molar-refractivity contribution >= 4 is 29.1 Å². The van der Waals surface area contributed by atoms with Crippen molar-refractivity contribution in [2.24, 2.45) is 0 Å². The van der Waals surface area contributed by atoms with Gasteiger partial charge in [0.05, 0.1) is 16.6 Å². The third-order valence-corrected chi connectivity index (χ3v) is 3.78. The van der Waals surface area contributed by atoms with E-state index in [-0.39, 0.29) is 5.69 Å². The van der Waals surface area contributed by atoms with Gasteiger partial charge in [-0.05, 0) is 42.8 Å². The first-order valence-corrected chi connectivity index (χ1v) is 7.70. The van der Waals surface area contributed by atoms with Crippen molar-refractivity contribution < 1.29 is 27.2 Å². The minimum Gasteiger partial charge on any atom is -0.341 e. The number of benzene rings is 2. The molecule has 0 radical (unpaired) electrons. The molecule has 0 heterocycles. The Morgan fingerprint density at radius 2 is 1.65 bits per heavy atom. The average Bonchev–Trinajstić information content (AvgIpc) is 2.56. The summed E-state index contributed by atoms with van der Waals surface area (Å²) in [6.07, 6.45) is -4.70. The number of hydrogen-bond donors (Lipinski definition) is 2. The predicted octanol–water partition coefficient (Wildman–Crippen LogP) is 4.31. The molecule has 26 heavy (non-hydrogen) atoms. The lowest BCUT2D eigenvalue weighted by Crippen LogP contribution is -2.36. The summed E-state index contributed by atoms with van der Waals surface area (Å²) >= 11 is 5.49. The molecule has 1 atom stereocenters. The molecule has 2 N–H and O–H groups in total. The van der Waals surface area contributed by atoms with Gasteiger partial charge in [0.2, 0.25) is 0 Å². The molecular weight excluding hydrogens is 376 g/mol. The van der Waals surface area contributed by atoms with Crippen LogP contribution in [-0.4, -0.2) is 11.8 Å². The topological polar surface area (TPSA) is 58.2 Å². The summed E-state index contributed by atoms with van der Waals surface area (Å²) in [6, 6.07) is 7.42. The van der Waals surface area contributed by atoms with Gasteiger partial charge in [-0.25, -0.2) is 4.39 Å². The van der Waals surface area contributed by atoms with Gasteiger partial charge in [0, 0.05) is 5.69 Å². The van der Waals surface area contributed by atoms with Crippen LogP contribution < -0.4 is 10.6 Å². The van der Waals surface area contributed by atoms with E-state index in [2.05, 4.69) is 10.6 Å². The molecule has 138 valence electrons. The fourth-order valence-electron chi connectivity index (χ4n) is 2.11. The number of anilines is 1. The predicted molar refractivity (Wildman–Crippen MR) is 88.0 cm³/mol. The molecule has 0 aliphatic rings. The number of amides is 2. The molecule has 2 aromatic rings. The Morgan fingerprint density at radius 1 is 1.04 bits per heavy atom. The zero-order valence-corrected chi connectivity index (χ0v) is 14.1. The Balaban J connectivity index is 2.05. The molecule has 0 saturated carbocycles. The third kappa shape index (κ3) is 4.95. The van der Waals surface area contributed by atoms with Crippen LogP contribution in [0.1, 0.15) is 24.1 Å². The first kappa shape index (κ1) is 19.7. The molecule has 0 aromatic heterocycles. The van der Waals surface area contributed by atoms with Crippen molar-refractivity contribution in [1.82, 2.24) is 5.32 Å². The van der Waals surface area contributed by atoms with Crippen LogP contribution in [0, 0.1) is 5.82 Å². The number of rotatable bonds is 3. The van der Waals surface area contributed by atoms with E-state index < -0.39 is 40.4 Å². The van der Waals surface area contributed by atoms with Gasteiger partial charge in [-0.2, -0.15) is 13.2 Å². The van der Waals surface area contributed by atoms with E-state index >= 15 is 0 Å². The number of hydrogen-bond acceptors (Lipinski definition) is 2. The van der Waals surface area contributed by atoms with E-state index in [0.29, 0.717) is 11.6 Å². The summed E-state index contributed by atoms with van der Waals surface area (Å²) in [7, 11) is 0. The normalized spacial score (nSPS) is 12.4. The molecule has 2 rings (SSSR count). The molecule has 4 nitrogen and oxygen atoms in total. The van der Waals surface area contributed by atoms with Crippen molar-refractivity contribution in [1.29, 1.82) is 0 Å². The maximum absolute atomic E-state index is 12.9. The number of halogens is 5. The van der Waals surface area contributed by atoms with E-state index in [1.165, 1.54) is 24.3 Å². The fourth-order valence-corrected chi connectivity index (χ4v) is 2.33. The van der Waals surface area contributed by atoms with Gasteiger partial charge in [-0.15, -0.1) is 0 Å². The maximum Gasteiger partial charge on any atom is 0.417 e. The lowest BCUT2D eigenvalue weighted by Gasteiger charge is -2.15. The summed E-state index contributed by atoms with van der Waals surface area (Å²) in [5.74, 6) is -2.65. The second kappa shape index (κ2) is 7.74. The molecule has 0 spiro atoms. The molecule has 2 amide bonds. The summed E-state index contributed by atoms with van der Waals surface area (Å²) in [5.41, 5.74) is -0.799. The highest BCUT2D eigenvalue weighted by Crippen LogP contribution is 2.36. The summed E-state index contributed by atoms with van der Waals surface area (Å²) < 4.78 is 51.3. The Hall–Kier alpha value is -2.61. The number of nitrogens with one attached hydrogen (secondary N) is 2. The lowest BCUT2D eigenvalue weighted by molar-refractivity contribution is -0.137. The Kier molecular flexibility index (Phi) is 5.86. The maximum atomic E-state index is 12.9. The van der Waals surface area contributed by atoms with Gasteiger partial charge in [0.25, 0.3) is 0 Å². The van der Waals surface area contributed by atoms with E-state index in [1.807, 2.05) is 0 Å². The van der Waals surface area contributed by atoms with E-state index in [0.717, 1.165) is 12.1 Å². The number of carbonyl (C=O) groups is 2. The van der Waals surface area contributed by atoms with Gasteiger partial charge >= 0.3 is 18.0 Å². The first-order chi connectivity index (χ1) is 12.1. The van der Waals surface area contributed by atoms with Crippen LogP contribution in [0.3, 0.4) is 0 Å². The second-order valence-electron chi connectivity index (χ2n) is 5.39. The summed E-state index contributed by atoms with van der Waals surface area (Å²) in [5, 5.41) is 3.92. The van der Waals surface area contributed by atoms with E-state index in [9.17, 15) is 27.2 Å². The van der Waals surface area contributed by atoms with Gasteiger partial charge in [0.1, 0.15) is 5.82 Å². The molecule has 0 aliphatic carbocycles. The number of carbonyl (C=O) groups excluding carboxylic acids is 2. The van der Waals surface area contributed by atoms with Crippen molar-refractivity contribution in [2.45, 2.75) is 19.1 Å². The van der Waals surface area contributed by atoms with Gasteiger partial charge < -0.3 is 10.6 Å². The molecule has 0 aliphatic heterocycles. The van der Waals surface area contributed by atoms with Crippen LogP contribution in [0.15, 0.2) is 42.5 Å². The standard InChI is InChI=1S/C17H13ClF4N2O2/c1-9(10-2-4-11(19)5-3-10)23-15(25)16(26)24-12-6-7-14(18)13(8-12)17(20,21)22/h2-9H,1H3,(H,23,25)(H,24,26). The lowest BCUT2D eigenvalue weighted by atomic mass is 10.1. The highest BCUT2D eigenvalue weighted by atomic mass is 35.5. The highest BCUT2D eigenvalue weighted by Gasteiger charge is 2.33. The SMILES string of the molecule is CC(NC(=O)C(=O)Nc1ccc(Cl)c(C(F)(F)F)c1)c1ccc(F)cc1. The van der Waals surface area contributed by atoms with E-state index in [1.54, 1.807) is 6.92 Å². The molecule has 1 unspecified atom stereocenters. The van der Waals surface area contributed by atoms with Crippen LogP contribution in [0.4, 0.5) is 23.2 Å². The van der Waals surface area contributed by atoms with Crippen molar-refractivity contribution in [3.8, 4) is 0 Å². The summed E-state index contributed by atoms with van der Waals surface area (Å²) in [4.78, 5) is 23.8. The molecule has 0 saturated heterocycles. The molecule has 0 bridgehead atoms. The second-order valence-corrected chi connectivity index (χ2v) is 5.80. The van der Waals surface area contributed by atoms with Gasteiger partial charge in [-0.1, -0.05) is 23.7 Å². The Morgan fingerprint density at radius 3 is 2.23 bits per heavy atom. The van der Waals surface area contributed by atoms with Crippen LogP contribution in [0.5, 0.6) is 0 Å². The largest absolute Gasteiger partial charge is 0.417 e. The van der Waals surface area contributed by atoms with Crippen LogP contribution in [0.2, 0.25) is 5.02 Å². The average molecular weight is 389 g/mol.